The van der Waals surface area contributed by atoms with Gasteiger partial charge in [-0.1, -0.05) is 164 Å². The lowest BCUT2D eigenvalue weighted by atomic mass is 9.79. The van der Waals surface area contributed by atoms with Crippen LogP contribution in [0.15, 0.2) is 176 Å². The van der Waals surface area contributed by atoms with E-state index < -0.39 is 0 Å². The van der Waals surface area contributed by atoms with E-state index >= 15 is 0 Å². The van der Waals surface area contributed by atoms with E-state index in [1.54, 1.807) is 0 Å². The van der Waals surface area contributed by atoms with Crippen LogP contribution in [0.25, 0.3) is 89.9 Å². The fourth-order valence-electron chi connectivity index (χ4n) is 8.80. The van der Waals surface area contributed by atoms with E-state index in [1.807, 2.05) is 48.5 Å². The van der Waals surface area contributed by atoms with Crippen molar-refractivity contribution in [1.82, 2.24) is 29.9 Å². The van der Waals surface area contributed by atoms with Gasteiger partial charge in [0.05, 0.1) is 0 Å². The van der Waals surface area contributed by atoms with Crippen LogP contribution in [0.3, 0.4) is 0 Å². The van der Waals surface area contributed by atoms with Gasteiger partial charge in [-0.15, -0.1) is 0 Å². The van der Waals surface area contributed by atoms with Crippen molar-refractivity contribution in [2.24, 2.45) is 5.92 Å². The minimum absolute atomic E-state index is 0.113. The summed E-state index contributed by atoms with van der Waals surface area (Å²) in [6.45, 7) is 0. The highest BCUT2D eigenvalue weighted by Crippen LogP contribution is 2.51. The molecule has 2 atom stereocenters. The van der Waals surface area contributed by atoms with Gasteiger partial charge in [0.25, 0.3) is 0 Å². The Labute approximate surface area is 330 Å². The van der Waals surface area contributed by atoms with Crippen LogP contribution < -0.4 is 0 Å². The van der Waals surface area contributed by atoms with Gasteiger partial charge in [-0.3, -0.25) is 0 Å². The predicted octanol–water partition coefficient (Wildman–Crippen LogP) is 12.0. The summed E-state index contributed by atoms with van der Waals surface area (Å²) >= 11 is 0. The van der Waals surface area contributed by atoms with Crippen molar-refractivity contribution >= 4 is 21.5 Å². The summed E-state index contributed by atoms with van der Waals surface area (Å²) < 4.78 is 0. The predicted molar refractivity (Wildman–Crippen MR) is 229 cm³/mol. The van der Waals surface area contributed by atoms with Crippen molar-refractivity contribution in [3.8, 4) is 68.3 Å². The van der Waals surface area contributed by atoms with E-state index in [2.05, 4.69) is 127 Å². The molecule has 0 radical (unpaired) electrons. The Bertz CT molecular complexity index is 3010. The summed E-state index contributed by atoms with van der Waals surface area (Å²) in [5.74, 6) is 4.51. The van der Waals surface area contributed by atoms with Gasteiger partial charge in [0.2, 0.25) is 0 Å². The van der Waals surface area contributed by atoms with Gasteiger partial charge < -0.3 is 0 Å². The lowest BCUT2D eigenvalue weighted by Crippen LogP contribution is -2.17. The second kappa shape index (κ2) is 13.5. The van der Waals surface area contributed by atoms with Crippen LogP contribution in [0.4, 0.5) is 0 Å². The molecular formula is C51H36N6. The molecule has 0 amide bonds. The van der Waals surface area contributed by atoms with Crippen molar-refractivity contribution < 1.29 is 0 Å². The molecule has 2 heterocycles. The van der Waals surface area contributed by atoms with E-state index in [0.29, 0.717) is 40.9 Å². The second-order valence-electron chi connectivity index (χ2n) is 15.2. The minimum Gasteiger partial charge on any atom is -0.208 e. The zero-order valence-corrected chi connectivity index (χ0v) is 31.1. The van der Waals surface area contributed by atoms with Crippen LogP contribution in [0.2, 0.25) is 0 Å². The number of rotatable bonds is 7. The fraction of sp³-hybridized carbons (Fsp3) is 0.0980. The molecule has 1 saturated carbocycles. The minimum atomic E-state index is 0.113. The van der Waals surface area contributed by atoms with Crippen molar-refractivity contribution in [3.05, 3.63) is 182 Å². The summed E-state index contributed by atoms with van der Waals surface area (Å²) in [7, 11) is 0. The zero-order valence-electron chi connectivity index (χ0n) is 31.1. The molecule has 270 valence electrons. The summed E-state index contributed by atoms with van der Waals surface area (Å²) in [6, 6.07) is 56.4. The van der Waals surface area contributed by atoms with E-state index in [-0.39, 0.29) is 5.41 Å². The Morgan fingerprint density at radius 3 is 1.53 bits per heavy atom. The Hall–Kier alpha value is -7.18. The molecule has 11 rings (SSSR count). The maximum Gasteiger partial charge on any atom is 0.164 e. The van der Waals surface area contributed by atoms with Crippen LogP contribution in [0, 0.1) is 5.92 Å². The monoisotopic (exact) mass is 732 g/mol. The maximum atomic E-state index is 5.20. The first-order chi connectivity index (χ1) is 28.2. The summed E-state index contributed by atoms with van der Waals surface area (Å²) in [5.41, 5.74) is 7.13. The molecule has 6 heteroatoms. The highest BCUT2D eigenvalue weighted by molar-refractivity contribution is 5.98. The molecule has 0 spiro atoms. The van der Waals surface area contributed by atoms with Gasteiger partial charge in [-0.05, 0) is 64.4 Å². The van der Waals surface area contributed by atoms with Crippen molar-refractivity contribution in [3.63, 3.8) is 0 Å². The Balaban J connectivity index is 1.04. The molecular weight excluding hydrogens is 697 g/mol. The molecule has 57 heavy (non-hydrogen) atoms. The third-order valence-corrected chi connectivity index (χ3v) is 11.7. The quantitative estimate of drug-likeness (QED) is 0.152. The highest BCUT2D eigenvalue weighted by atomic mass is 15.0. The molecule has 2 aliphatic carbocycles. The van der Waals surface area contributed by atoms with E-state index in [4.69, 9.17) is 29.9 Å². The topological polar surface area (TPSA) is 77.3 Å². The number of benzene rings is 7. The number of aromatic nitrogens is 6. The average molecular weight is 733 g/mol. The third kappa shape index (κ3) is 5.98. The number of nitrogens with zero attached hydrogens (tertiary/aromatic N) is 6. The van der Waals surface area contributed by atoms with E-state index in [0.717, 1.165) is 54.9 Å². The molecule has 2 aliphatic rings. The molecule has 7 aromatic carbocycles. The molecule has 2 aromatic heterocycles. The molecule has 0 aliphatic heterocycles. The Kier molecular flexibility index (Phi) is 7.88. The molecule has 0 saturated heterocycles. The standard InChI is InChI=1S/C51H36N6/c1-3-13-35(14-4-1)45-52-47(38-19-9-20-40(31-38)51-28-26-33(32-51)27-29-51)56-50(55-45)44-23-11-18-37-30-39(24-25-42(37)44)48-53-46(36-15-5-2-6-16-36)54-49(57-48)43-22-10-17-34-12-7-8-21-41(34)43/h1-26,28,30-31,33H,27,29,32H2. The highest BCUT2D eigenvalue weighted by Gasteiger charge is 2.42. The van der Waals surface area contributed by atoms with Gasteiger partial charge in [0, 0.05) is 38.8 Å². The summed E-state index contributed by atoms with van der Waals surface area (Å²) in [4.78, 5) is 30.6. The van der Waals surface area contributed by atoms with Crippen molar-refractivity contribution in [2.75, 3.05) is 0 Å². The number of hydrogen-bond acceptors (Lipinski definition) is 6. The molecule has 2 bridgehead atoms. The smallest absolute Gasteiger partial charge is 0.164 e. The summed E-state index contributed by atoms with van der Waals surface area (Å²) in [5, 5.41) is 4.30. The Morgan fingerprint density at radius 1 is 0.404 bits per heavy atom. The van der Waals surface area contributed by atoms with E-state index in [9.17, 15) is 0 Å². The van der Waals surface area contributed by atoms with Crippen LogP contribution >= 0.6 is 0 Å². The molecule has 0 N–H and O–H groups in total. The lowest BCUT2D eigenvalue weighted by Gasteiger charge is -2.24. The first-order valence-electron chi connectivity index (χ1n) is 19.6. The third-order valence-electron chi connectivity index (χ3n) is 11.7. The summed E-state index contributed by atoms with van der Waals surface area (Å²) in [6.07, 6.45) is 8.47. The van der Waals surface area contributed by atoms with Crippen molar-refractivity contribution in [2.45, 2.75) is 24.7 Å². The largest absolute Gasteiger partial charge is 0.208 e. The molecule has 6 nitrogen and oxygen atoms in total. The fourth-order valence-corrected chi connectivity index (χ4v) is 8.80. The van der Waals surface area contributed by atoms with Crippen LogP contribution in [0.5, 0.6) is 0 Å². The number of fused-ring (bicyclic) bond motifs is 4. The maximum absolute atomic E-state index is 5.20. The van der Waals surface area contributed by atoms with Crippen LogP contribution in [-0.2, 0) is 5.41 Å². The van der Waals surface area contributed by atoms with Gasteiger partial charge in [0.1, 0.15) is 0 Å². The second-order valence-corrected chi connectivity index (χ2v) is 15.2. The number of allylic oxidation sites excluding steroid dienone is 2. The van der Waals surface area contributed by atoms with Gasteiger partial charge in [0.15, 0.2) is 34.9 Å². The van der Waals surface area contributed by atoms with Gasteiger partial charge in [-0.25, -0.2) is 29.9 Å². The van der Waals surface area contributed by atoms with Gasteiger partial charge >= 0.3 is 0 Å². The average Bonchev–Trinajstić information content (AvgIpc) is 3.92. The first-order valence-corrected chi connectivity index (χ1v) is 19.6. The zero-order chi connectivity index (χ0) is 37.8. The number of hydrogen-bond donors (Lipinski definition) is 0. The first kappa shape index (κ1) is 33.2. The normalized spacial score (nSPS) is 17.1. The molecule has 2 unspecified atom stereocenters. The lowest BCUT2D eigenvalue weighted by molar-refractivity contribution is 0.567. The Morgan fingerprint density at radius 2 is 0.912 bits per heavy atom. The SMILES string of the molecule is C1=CC2(c3cccc(-c4nc(-c5ccccc5)nc(-c5cccc6cc(-c7nc(-c8ccccc8)nc(-c8cccc9ccccc89)n7)ccc56)n4)c3)CCC1C2. The molecule has 9 aromatic rings. The molecule has 1 fully saturated rings. The van der Waals surface area contributed by atoms with Crippen LogP contribution in [0.1, 0.15) is 24.8 Å². The van der Waals surface area contributed by atoms with Gasteiger partial charge in [-0.2, -0.15) is 0 Å². The van der Waals surface area contributed by atoms with Crippen LogP contribution in [-0.4, -0.2) is 29.9 Å². The van der Waals surface area contributed by atoms with E-state index in [1.165, 1.54) is 24.8 Å². The van der Waals surface area contributed by atoms with Crippen molar-refractivity contribution in [1.29, 1.82) is 0 Å².